The molecule has 0 aromatic carbocycles. The quantitative estimate of drug-likeness (QED) is 0.900. The van der Waals surface area contributed by atoms with Crippen molar-refractivity contribution in [2.75, 3.05) is 6.54 Å². The van der Waals surface area contributed by atoms with Crippen LogP contribution in [0, 0.1) is 5.41 Å². The summed E-state index contributed by atoms with van der Waals surface area (Å²) in [5.74, 6) is -1.42. The second-order valence-electron chi connectivity index (χ2n) is 5.56. The van der Waals surface area contributed by atoms with Crippen LogP contribution < -0.4 is 0 Å². The molecule has 1 amide bonds. The number of rotatable bonds is 2. The van der Waals surface area contributed by atoms with Crippen molar-refractivity contribution in [2.24, 2.45) is 5.41 Å². The maximum atomic E-state index is 12.4. The number of halogens is 1. The summed E-state index contributed by atoms with van der Waals surface area (Å²) in [7, 11) is 0. The molecular formula is C13H16ClN3O3. The Bertz CT molecular complexity index is 530. The molecule has 1 aromatic rings. The molecule has 0 radical (unpaired) electrons. The van der Waals surface area contributed by atoms with Gasteiger partial charge in [-0.1, -0.05) is 25.4 Å². The zero-order valence-electron chi connectivity index (χ0n) is 11.3. The maximum absolute atomic E-state index is 12.4. The van der Waals surface area contributed by atoms with Gasteiger partial charge in [-0.05, 0) is 18.3 Å². The average Bonchev–Trinajstić information content (AvgIpc) is 2.36. The van der Waals surface area contributed by atoms with Gasteiger partial charge in [0, 0.05) is 6.54 Å². The van der Waals surface area contributed by atoms with Gasteiger partial charge in [0.2, 0.25) is 0 Å². The first kappa shape index (κ1) is 14.7. The van der Waals surface area contributed by atoms with Gasteiger partial charge < -0.3 is 10.0 Å². The van der Waals surface area contributed by atoms with E-state index < -0.39 is 23.3 Å². The zero-order chi connectivity index (χ0) is 14.9. The van der Waals surface area contributed by atoms with E-state index in [0.29, 0.717) is 6.54 Å². The van der Waals surface area contributed by atoms with Crippen molar-refractivity contribution < 1.29 is 14.7 Å². The number of aliphatic carboxylic acids is 1. The van der Waals surface area contributed by atoms with Crippen LogP contribution in [0.3, 0.4) is 0 Å². The van der Waals surface area contributed by atoms with Crippen molar-refractivity contribution >= 4 is 23.5 Å². The first-order valence-electron chi connectivity index (χ1n) is 6.34. The third-order valence-electron chi connectivity index (χ3n) is 3.61. The van der Waals surface area contributed by atoms with Crippen LogP contribution in [-0.4, -0.2) is 44.4 Å². The molecule has 2 rings (SSSR count). The maximum Gasteiger partial charge on any atom is 0.326 e. The number of likely N-dealkylation sites (tertiary alicyclic amines) is 1. The number of aromatic nitrogens is 2. The topological polar surface area (TPSA) is 83.4 Å². The van der Waals surface area contributed by atoms with E-state index in [9.17, 15) is 14.7 Å². The van der Waals surface area contributed by atoms with Gasteiger partial charge in [-0.15, -0.1) is 0 Å². The van der Waals surface area contributed by atoms with Gasteiger partial charge in [0.05, 0.1) is 12.4 Å². The first-order valence-corrected chi connectivity index (χ1v) is 6.72. The molecule has 0 aliphatic carbocycles. The van der Waals surface area contributed by atoms with E-state index in [0.717, 1.165) is 12.8 Å². The van der Waals surface area contributed by atoms with Crippen molar-refractivity contribution in [1.82, 2.24) is 14.9 Å². The molecule has 1 saturated heterocycles. The molecule has 0 bridgehead atoms. The molecule has 7 heteroatoms. The predicted octanol–water partition coefficient (Wildman–Crippen LogP) is 1.85. The summed E-state index contributed by atoms with van der Waals surface area (Å²) < 4.78 is 0. The normalized spacial score (nSPS) is 21.6. The highest BCUT2D eigenvalue weighted by atomic mass is 35.5. The first-order chi connectivity index (χ1) is 9.33. The molecule has 1 fully saturated rings. The van der Waals surface area contributed by atoms with Crippen LogP contribution in [-0.2, 0) is 4.79 Å². The highest BCUT2D eigenvalue weighted by Crippen LogP contribution is 2.35. The van der Waals surface area contributed by atoms with Gasteiger partial charge in [-0.3, -0.25) is 4.79 Å². The van der Waals surface area contributed by atoms with E-state index in [1.165, 1.54) is 17.3 Å². The van der Waals surface area contributed by atoms with Crippen LogP contribution in [0.2, 0.25) is 5.15 Å². The number of nitrogens with zero attached hydrogens (tertiary/aromatic N) is 3. The van der Waals surface area contributed by atoms with Crippen LogP contribution >= 0.6 is 11.6 Å². The van der Waals surface area contributed by atoms with Gasteiger partial charge in [0.1, 0.15) is 16.9 Å². The van der Waals surface area contributed by atoms with Gasteiger partial charge in [-0.2, -0.15) is 0 Å². The lowest BCUT2D eigenvalue weighted by atomic mass is 9.76. The molecule has 20 heavy (non-hydrogen) atoms. The lowest BCUT2D eigenvalue weighted by Crippen LogP contribution is -2.56. The van der Waals surface area contributed by atoms with Gasteiger partial charge in [-0.25, -0.2) is 14.8 Å². The highest BCUT2D eigenvalue weighted by Gasteiger charge is 2.44. The molecule has 1 aliphatic heterocycles. The van der Waals surface area contributed by atoms with Gasteiger partial charge >= 0.3 is 5.97 Å². The Morgan fingerprint density at radius 1 is 1.40 bits per heavy atom. The van der Waals surface area contributed by atoms with Crippen LogP contribution in [0.1, 0.15) is 37.2 Å². The van der Waals surface area contributed by atoms with E-state index in [2.05, 4.69) is 9.97 Å². The fourth-order valence-electron chi connectivity index (χ4n) is 2.65. The summed E-state index contributed by atoms with van der Waals surface area (Å²) in [6.45, 7) is 4.13. The van der Waals surface area contributed by atoms with Crippen LogP contribution in [0.15, 0.2) is 12.4 Å². The molecule has 1 unspecified atom stereocenters. The van der Waals surface area contributed by atoms with Gasteiger partial charge in [0.15, 0.2) is 0 Å². The molecule has 1 aliphatic rings. The third kappa shape index (κ3) is 2.75. The second-order valence-corrected chi connectivity index (χ2v) is 5.94. The standard InChI is InChI=1S/C13H16ClN3O3/c1-13(2)4-3-5-17(10(13)12(19)20)11(18)8-6-16-9(14)7-15-8/h6-7,10H,3-5H2,1-2H3,(H,19,20). The van der Waals surface area contributed by atoms with Crippen LogP contribution in [0.4, 0.5) is 0 Å². The van der Waals surface area contributed by atoms with Gasteiger partial charge in [0.25, 0.3) is 5.91 Å². The summed E-state index contributed by atoms with van der Waals surface area (Å²) >= 11 is 5.63. The Hall–Kier alpha value is -1.69. The second kappa shape index (κ2) is 5.36. The smallest absolute Gasteiger partial charge is 0.326 e. The van der Waals surface area contributed by atoms with Crippen molar-refractivity contribution in [3.8, 4) is 0 Å². The number of hydrogen-bond donors (Lipinski definition) is 1. The van der Waals surface area contributed by atoms with E-state index in [4.69, 9.17) is 11.6 Å². The summed E-state index contributed by atoms with van der Waals surface area (Å²) in [5.41, 5.74) is -0.363. The van der Waals surface area contributed by atoms with E-state index in [-0.39, 0.29) is 10.8 Å². The Balaban J connectivity index is 2.31. The summed E-state index contributed by atoms with van der Waals surface area (Å²) in [4.78, 5) is 33.0. The molecule has 1 atom stereocenters. The Labute approximate surface area is 121 Å². The molecule has 6 nitrogen and oxygen atoms in total. The Morgan fingerprint density at radius 2 is 2.10 bits per heavy atom. The highest BCUT2D eigenvalue weighted by molar-refractivity contribution is 6.29. The van der Waals surface area contributed by atoms with E-state index >= 15 is 0 Å². The fourth-order valence-corrected chi connectivity index (χ4v) is 2.75. The lowest BCUT2D eigenvalue weighted by molar-refractivity contribution is -0.148. The molecular weight excluding hydrogens is 282 g/mol. The number of carbonyl (C=O) groups is 2. The van der Waals surface area contributed by atoms with E-state index in [1.807, 2.05) is 13.8 Å². The van der Waals surface area contributed by atoms with E-state index in [1.54, 1.807) is 0 Å². The number of carboxylic acids is 1. The van der Waals surface area contributed by atoms with Crippen molar-refractivity contribution in [3.63, 3.8) is 0 Å². The van der Waals surface area contributed by atoms with Crippen LogP contribution in [0.25, 0.3) is 0 Å². The molecule has 1 N–H and O–H groups in total. The number of hydrogen-bond acceptors (Lipinski definition) is 4. The minimum atomic E-state index is -0.995. The monoisotopic (exact) mass is 297 g/mol. The fraction of sp³-hybridized carbons (Fsp3) is 0.538. The van der Waals surface area contributed by atoms with Crippen molar-refractivity contribution in [3.05, 3.63) is 23.2 Å². The Kier molecular flexibility index (Phi) is 3.94. The summed E-state index contributed by atoms with van der Waals surface area (Å²) in [6.07, 6.45) is 4.08. The summed E-state index contributed by atoms with van der Waals surface area (Å²) in [5, 5.41) is 9.62. The third-order valence-corrected chi connectivity index (χ3v) is 3.80. The largest absolute Gasteiger partial charge is 0.480 e. The number of carboxylic acid groups (broad SMARTS) is 1. The number of carbonyl (C=O) groups excluding carboxylic acids is 1. The Morgan fingerprint density at radius 3 is 2.65 bits per heavy atom. The number of piperidine rings is 1. The minimum absolute atomic E-state index is 0.110. The van der Waals surface area contributed by atoms with Crippen LogP contribution in [0.5, 0.6) is 0 Å². The van der Waals surface area contributed by atoms with Crippen molar-refractivity contribution in [1.29, 1.82) is 0 Å². The molecule has 1 aromatic heterocycles. The molecule has 108 valence electrons. The van der Waals surface area contributed by atoms with Crippen molar-refractivity contribution in [2.45, 2.75) is 32.7 Å². The zero-order valence-corrected chi connectivity index (χ0v) is 12.1. The lowest BCUT2D eigenvalue weighted by Gasteiger charge is -2.43. The SMILES string of the molecule is CC1(C)CCCN(C(=O)c2cnc(Cl)cn2)C1C(=O)O. The predicted molar refractivity (Wildman–Crippen MR) is 72.5 cm³/mol. The summed E-state index contributed by atoms with van der Waals surface area (Å²) in [6, 6.07) is -0.860. The average molecular weight is 298 g/mol. The number of amides is 1. The minimum Gasteiger partial charge on any atom is -0.480 e. The molecule has 0 spiro atoms. The molecule has 0 saturated carbocycles. The molecule has 2 heterocycles.